The Kier molecular flexibility index (Phi) is 10.3. The van der Waals surface area contributed by atoms with Crippen LogP contribution in [0.15, 0.2) is 12.1 Å². The number of nitriles is 1. The molecule has 5 atom stereocenters. The van der Waals surface area contributed by atoms with E-state index in [1.54, 1.807) is 20.8 Å². The monoisotopic (exact) mass is 840 g/mol. The van der Waals surface area contributed by atoms with Gasteiger partial charge in [0.25, 0.3) is 0 Å². The molecule has 0 aliphatic carbocycles. The summed E-state index contributed by atoms with van der Waals surface area (Å²) in [5.74, 6) is -1.03. The number of piperidine rings is 1. The zero-order valence-corrected chi connectivity index (χ0v) is 34.0. The third kappa shape index (κ3) is 7.06. The van der Waals surface area contributed by atoms with Crippen LogP contribution < -0.4 is 19.7 Å². The zero-order chi connectivity index (χ0) is 40.5. The number of halogens is 4. The molecule has 0 radical (unpaired) electrons. The highest BCUT2D eigenvalue weighted by atomic mass is 35.5. The first-order valence-electron chi connectivity index (χ1n) is 19.9. The molecule has 9 rings (SSSR count). The number of amides is 1. The van der Waals surface area contributed by atoms with Gasteiger partial charge in [0.15, 0.2) is 17.9 Å². The van der Waals surface area contributed by atoms with Crippen molar-refractivity contribution in [2.45, 2.75) is 108 Å². The Morgan fingerprint density at radius 2 is 2.02 bits per heavy atom. The van der Waals surface area contributed by atoms with Gasteiger partial charge in [0.05, 0.1) is 38.4 Å². The van der Waals surface area contributed by atoms with Gasteiger partial charge in [-0.1, -0.05) is 17.7 Å². The van der Waals surface area contributed by atoms with Crippen LogP contribution in [0.3, 0.4) is 0 Å². The fourth-order valence-electron chi connectivity index (χ4n) is 9.29. The number of alkyl halides is 1. The summed E-state index contributed by atoms with van der Waals surface area (Å²) in [6.07, 6.45) is 3.89. The minimum atomic E-state index is -0.973. The Labute approximate surface area is 342 Å². The number of ether oxygens (including phenoxy) is 5. The molecule has 4 saturated heterocycles. The van der Waals surface area contributed by atoms with Gasteiger partial charge in [0.1, 0.15) is 53.2 Å². The Morgan fingerprint density at radius 3 is 2.79 bits per heavy atom. The number of rotatable bonds is 7. The third-order valence-electron chi connectivity index (χ3n) is 11.8. The van der Waals surface area contributed by atoms with E-state index in [4.69, 9.17) is 40.3 Å². The molecule has 1 amide bonds. The summed E-state index contributed by atoms with van der Waals surface area (Å²) in [6, 6.07) is 4.24. The van der Waals surface area contributed by atoms with Crippen LogP contribution in [0.1, 0.15) is 77.7 Å². The molecule has 0 saturated carbocycles. The molecule has 12 nitrogen and oxygen atoms in total. The number of nitrogens with one attached hydrogen (secondary N) is 1. The SMILES string of the molecule is CC(C)(C)OC(=O)Nc1sc2c(F)ccc(-c3c(Cl)c4c5c(nc(OC[C@@]67CCCN6C[C@H](F)C7)nc5c3F)N3CCC(OC5CCCCO5)CC3CO4)c2c1C#N. The maximum absolute atomic E-state index is 17.6. The lowest BCUT2D eigenvalue weighted by Gasteiger charge is -2.40. The Balaban J connectivity index is 1.16. The Morgan fingerprint density at radius 1 is 1.17 bits per heavy atom. The molecule has 5 aliphatic rings. The van der Waals surface area contributed by atoms with E-state index in [0.29, 0.717) is 44.8 Å². The van der Waals surface area contributed by atoms with Crippen molar-refractivity contribution in [3.05, 3.63) is 34.4 Å². The predicted octanol–water partition coefficient (Wildman–Crippen LogP) is 8.89. The normalized spacial score (nSPS) is 25.9. The first-order chi connectivity index (χ1) is 27.8. The average molecular weight is 841 g/mol. The number of thiophene rings is 1. The summed E-state index contributed by atoms with van der Waals surface area (Å²) >= 11 is 8.03. The summed E-state index contributed by atoms with van der Waals surface area (Å²) in [5.41, 5.74) is -1.67. The van der Waals surface area contributed by atoms with E-state index in [0.717, 1.165) is 56.1 Å². The number of benzene rings is 2. The van der Waals surface area contributed by atoms with Gasteiger partial charge in [-0.15, -0.1) is 11.3 Å². The molecule has 4 aromatic rings. The van der Waals surface area contributed by atoms with Gasteiger partial charge in [0.2, 0.25) is 0 Å². The Bertz CT molecular complexity index is 2330. The molecule has 2 aromatic heterocycles. The van der Waals surface area contributed by atoms with Crippen molar-refractivity contribution in [3.8, 4) is 29.0 Å². The largest absolute Gasteiger partial charge is 0.489 e. The number of aromatic nitrogens is 2. The molecule has 2 aromatic carbocycles. The number of hydrogen-bond acceptors (Lipinski definition) is 12. The topological polar surface area (TPSA) is 131 Å². The average Bonchev–Trinajstić information content (AvgIpc) is 3.80. The van der Waals surface area contributed by atoms with Crippen molar-refractivity contribution in [1.82, 2.24) is 14.9 Å². The molecular weight excluding hydrogens is 797 g/mol. The summed E-state index contributed by atoms with van der Waals surface area (Å²) in [6.45, 7) is 7.61. The molecule has 308 valence electrons. The van der Waals surface area contributed by atoms with Crippen molar-refractivity contribution >= 4 is 60.8 Å². The second-order valence-corrected chi connectivity index (χ2v) is 18.2. The van der Waals surface area contributed by atoms with E-state index in [-0.39, 0.29) is 91.1 Å². The minimum absolute atomic E-state index is 0.00285. The van der Waals surface area contributed by atoms with Crippen LogP contribution in [-0.4, -0.2) is 96.2 Å². The van der Waals surface area contributed by atoms with E-state index < -0.39 is 35.0 Å². The number of hydrogen-bond donors (Lipinski definition) is 1. The first kappa shape index (κ1) is 39.3. The molecule has 1 N–H and O–H groups in total. The number of carbonyl (C=O) groups excluding carboxylic acids is 1. The number of nitrogens with zero attached hydrogens (tertiary/aromatic N) is 5. The molecule has 7 heterocycles. The summed E-state index contributed by atoms with van der Waals surface area (Å²) in [4.78, 5) is 26.5. The summed E-state index contributed by atoms with van der Waals surface area (Å²) in [5, 5.41) is 13.2. The second-order valence-electron chi connectivity index (χ2n) is 16.8. The van der Waals surface area contributed by atoms with E-state index >= 15 is 8.78 Å². The van der Waals surface area contributed by atoms with E-state index in [2.05, 4.69) is 26.2 Å². The van der Waals surface area contributed by atoms with Gasteiger partial charge in [-0.05, 0) is 83.9 Å². The number of anilines is 2. The highest BCUT2D eigenvalue weighted by Crippen LogP contribution is 2.52. The fourth-order valence-corrected chi connectivity index (χ4v) is 10.7. The van der Waals surface area contributed by atoms with Crippen LogP contribution in [0, 0.1) is 23.0 Å². The van der Waals surface area contributed by atoms with Crippen molar-refractivity contribution in [2.75, 3.05) is 49.7 Å². The molecule has 5 aliphatic heterocycles. The van der Waals surface area contributed by atoms with Crippen molar-refractivity contribution in [1.29, 1.82) is 5.26 Å². The molecule has 58 heavy (non-hydrogen) atoms. The lowest BCUT2D eigenvalue weighted by Crippen LogP contribution is -2.49. The van der Waals surface area contributed by atoms with Crippen LogP contribution >= 0.6 is 22.9 Å². The smallest absolute Gasteiger partial charge is 0.412 e. The molecule has 4 fully saturated rings. The quantitative estimate of drug-likeness (QED) is 0.192. The van der Waals surface area contributed by atoms with Crippen LogP contribution in [-0.2, 0) is 14.2 Å². The van der Waals surface area contributed by atoms with Crippen molar-refractivity contribution in [3.63, 3.8) is 0 Å². The maximum atomic E-state index is 17.6. The van der Waals surface area contributed by atoms with Crippen LogP contribution in [0.2, 0.25) is 5.02 Å². The van der Waals surface area contributed by atoms with E-state index in [1.807, 2.05) is 0 Å². The molecular formula is C41H44ClF3N6O6S. The van der Waals surface area contributed by atoms with Gasteiger partial charge in [-0.2, -0.15) is 15.2 Å². The highest BCUT2D eigenvalue weighted by Gasteiger charge is 2.49. The molecule has 0 bridgehead atoms. The third-order valence-corrected chi connectivity index (χ3v) is 13.3. The molecule has 17 heteroatoms. The fraction of sp³-hybridized carbons (Fsp3) is 0.561. The van der Waals surface area contributed by atoms with Crippen molar-refractivity contribution < 1.29 is 41.7 Å². The lowest BCUT2D eigenvalue weighted by atomic mass is 9.95. The van der Waals surface area contributed by atoms with E-state index in [9.17, 15) is 14.4 Å². The van der Waals surface area contributed by atoms with Crippen LogP contribution in [0.25, 0.3) is 32.1 Å². The molecule has 0 spiro atoms. The first-order valence-corrected chi connectivity index (χ1v) is 21.1. The second kappa shape index (κ2) is 15.2. The summed E-state index contributed by atoms with van der Waals surface area (Å²) in [7, 11) is 0. The lowest BCUT2D eigenvalue weighted by molar-refractivity contribution is -0.193. The number of carbonyl (C=O) groups is 1. The van der Waals surface area contributed by atoms with Crippen LogP contribution in [0.4, 0.5) is 28.8 Å². The number of fused-ring (bicyclic) bond motifs is 4. The minimum Gasteiger partial charge on any atom is -0.489 e. The van der Waals surface area contributed by atoms with Gasteiger partial charge < -0.3 is 28.6 Å². The van der Waals surface area contributed by atoms with Crippen molar-refractivity contribution in [2.24, 2.45) is 0 Å². The standard InChI is InChI=1S/C41H44ClF3N6O6S/c1-40(2,3)57-39(52)49-37-25(17-46)28-24(8-9-26(44)35(28)58-37)29-31(42)34-30-33(32(29)45)47-38(55-20-41-11-6-12-50(41)18-21(43)16-41)48-36(30)51-13-10-23(15-22(51)19-54-34)56-27-7-4-5-14-53-27/h8-9,21-23,27H,4-7,10-16,18-20H2,1-3H3,(H,49,52)/t21-,22?,23?,27?,41+/m1/s1. The summed E-state index contributed by atoms with van der Waals surface area (Å²) < 4.78 is 78.5. The highest BCUT2D eigenvalue weighted by molar-refractivity contribution is 7.23. The van der Waals surface area contributed by atoms with Gasteiger partial charge in [-0.3, -0.25) is 10.2 Å². The van der Waals surface area contributed by atoms with Gasteiger partial charge in [0, 0.05) is 37.1 Å². The predicted molar refractivity (Wildman–Crippen MR) is 213 cm³/mol. The Hall–Kier alpha value is -4.14. The van der Waals surface area contributed by atoms with E-state index in [1.165, 1.54) is 6.07 Å². The molecule has 3 unspecified atom stereocenters. The van der Waals surface area contributed by atoms with Gasteiger partial charge >= 0.3 is 12.1 Å². The zero-order valence-electron chi connectivity index (χ0n) is 32.5. The maximum Gasteiger partial charge on any atom is 0.412 e. The van der Waals surface area contributed by atoms with Gasteiger partial charge in [-0.25, -0.2) is 18.0 Å². The van der Waals surface area contributed by atoms with Crippen LogP contribution in [0.5, 0.6) is 11.8 Å².